The minimum Gasteiger partial charge on any atom is -0.457 e. The van der Waals surface area contributed by atoms with Crippen molar-refractivity contribution in [3.63, 3.8) is 0 Å². The van der Waals surface area contributed by atoms with E-state index in [-0.39, 0.29) is 5.82 Å². The number of ether oxygens (including phenoxy) is 1. The molecule has 0 aliphatic carbocycles. The molecule has 3 nitrogen and oxygen atoms in total. The van der Waals surface area contributed by atoms with Crippen LogP contribution in [0.1, 0.15) is 31.4 Å². The largest absolute Gasteiger partial charge is 0.457 e. The lowest BCUT2D eigenvalue weighted by atomic mass is 10.1. The Morgan fingerprint density at radius 3 is 2.56 bits per heavy atom. The number of hydrogen-bond acceptors (Lipinski definition) is 2. The van der Waals surface area contributed by atoms with Crippen LogP contribution in [0, 0.1) is 23.2 Å². The molecule has 2 rings (SSSR count). The third kappa shape index (κ3) is 5.42. The molecule has 0 N–H and O–H groups in total. The second-order valence-corrected chi connectivity index (χ2v) is 7.12. The molecule has 0 aliphatic heterocycles. The van der Waals surface area contributed by atoms with Crippen molar-refractivity contribution in [2.45, 2.75) is 34.1 Å². The maximum absolute atomic E-state index is 13.4. The van der Waals surface area contributed by atoms with Crippen molar-refractivity contribution >= 4 is 34.6 Å². The third-order valence-corrected chi connectivity index (χ3v) is 4.72. The number of rotatable bonds is 7. The molecule has 5 heteroatoms. The zero-order valence-electron chi connectivity index (χ0n) is 15.1. The number of hydrogen-bond donors (Lipinski definition) is 0. The van der Waals surface area contributed by atoms with Gasteiger partial charge >= 0.3 is 0 Å². The summed E-state index contributed by atoms with van der Waals surface area (Å²) in [5.41, 5.74) is 2.98. The van der Waals surface area contributed by atoms with E-state index in [1.807, 2.05) is 54.9 Å². The molecular formula is C20H24FIN2O. The van der Waals surface area contributed by atoms with E-state index in [0.717, 1.165) is 42.1 Å². The summed E-state index contributed by atoms with van der Waals surface area (Å²) in [4.78, 5) is 6.82. The van der Waals surface area contributed by atoms with E-state index in [9.17, 15) is 4.39 Å². The summed E-state index contributed by atoms with van der Waals surface area (Å²) in [5, 5.41) is 0. The highest BCUT2D eigenvalue weighted by Gasteiger charge is 2.08. The van der Waals surface area contributed by atoms with Crippen molar-refractivity contribution in [3.05, 3.63) is 50.8 Å². The third-order valence-electron chi connectivity index (χ3n) is 3.89. The lowest BCUT2D eigenvalue weighted by Gasteiger charge is -2.16. The Bertz CT molecular complexity index is 762. The summed E-state index contributed by atoms with van der Waals surface area (Å²) in [6, 6.07) is 8.76. The molecule has 25 heavy (non-hydrogen) atoms. The molecule has 2 aromatic rings. The predicted octanol–water partition coefficient (Wildman–Crippen LogP) is 6.23. The molecule has 0 saturated carbocycles. The van der Waals surface area contributed by atoms with Gasteiger partial charge in [0.2, 0.25) is 0 Å². The Labute approximate surface area is 163 Å². The Hall–Kier alpha value is -1.63. The summed E-state index contributed by atoms with van der Waals surface area (Å²) >= 11 is 1.96. The number of aryl methyl sites for hydroxylation is 2. The van der Waals surface area contributed by atoms with Gasteiger partial charge in [0.05, 0.1) is 15.6 Å². The van der Waals surface area contributed by atoms with Crippen molar-refractivity contribution in [3.8, 4) is 11.5 Å². The normalized spacial score (nSPS) is 11.1. The van der Waals surface area contributed by atoms with Gasteiger partial charge in [-0.15, -0.1) is 0 Å². The van der Waals surface area contributed by atoms with Gasteiger partial charge in [-0.05, 0) is 91.2 Å². The van der Waals surface area contributed by atoms with Gasteiger partial charge < -0.3 is 9.64 Å². The molecule has 0 saturated heterocycles. The van der Waals surface area contributed by atoms with E-state index in [1.165, 1.54) is 6.07 Å². The van der Waals surface area contributed by atoms with Crippen LogP contribution in [0.4, 0.5) is 10.1 Å². The van der Waals surface area contributed by atoms with Gasteiger partial charge in [0.25, 0.3) is 0 Å². The van der Waals surface area contributed by atoms with Crippen molar-refractivity contribution in [2.24, 2.45) is 4.99 Å². The lowest BCUT2D eigenvalue weighted by Crippen LogP contribution is -2.21. The lowest BCUT2D eigenvalue weighted by molar-refractivity contribution is 0.452. The van der Waals surface area contributed by atoms with Crippen LogP contribution in [0.2, 0.25) is 0 Å². The van der Waals surface area contributed by atoms with Crippen LogP contribution in [0.15, 0.2) is 35.3 Å². The van der Waals surface area contributed by atoms with E-state index in [0.29, 0.717) is 9.32 Å². The SMILES string of the molecule is CCCN(/C=N/c1cc(C)c(Oc2ccc(F)c(I)c2)cc1C)CC. The van der Waals surface area contributed by atoms with Gasteiger partial charge in [0.15, 0.2) is 0 Å². The van der Waals surface area contributed by atoms with E-state index in [2.05, 4.69) is 23.7 Å². The van der Waals surface area contributed by atoms with Crippen LogP contribution in [0.5, 0.6) is 11.5 Å². The average Bonchev–Trinajstić information content (AvgIpc) is 2.58. The van der Waals surface area contributed by atoms with Crippen LogP contribution in [0.25, 0.3) is 0 Å². The highest BCUT2D eigenvalue weighted by Crippen LogP contribution is 2.32. The zero-order chi connectivity index (χ0) is 18.4. The standard InChI is InChI=1S/C20H24FIN2O/c1-5-9-24(6-2)13-23-19-10-15(4)20(11-14(19)3)25-16-7-8-17(21)18(22)12-16/h7-8,10-13H,5-6,9H2,1-4H3/b23-13+. The van der Waals surface area contributed by atoms with Crippen molar-refractivity contribution in [2.75, 3.05) is 13.1 Å². The summed E-state index contributed by atoms with van der Waals surface area (Å²) in [7, 11) is 0. The minimum atomic E-state index is -0.238. The van der Waals surface area contributed by atoms with Gasteiger partial charge in [-0.3, -0.25) is 0 Å². The van der Waals surface area contributed by atoms with Crippen LogP contribution in [-0.2, 0) is 0 Å². The van der Waals surface area contributed by atoms with Crippen LogP contribution in [-0.4, -0.2) is 24.3 Å². The van der Waals surface area contributed by atoms with Gasteiger partial charge in [0, 0.05) is 13.1 Å². The van der Waals surface area contributed by atoms with Crippen LogP contribution in [0.3, 0.4) is 0 Å². The van der Waals surface area contributed by atoms with Crippen LogP contribution >= 0.6 is 22.6 Å². The number of benzene rings is 2. The highest BCUT2D eigenvalue weighted by molar-refractivity contribution is 14.1. The number of aliphatic imine (C=N–C) groups is 1. The van der Waals surface area contributed by atoms with Gasteiger partial charge in [-0.25, -0.2) is 9.38 Å². The van der Waals surface area contributed by atoms with E-state index in [4.69, 9.17) is 4.74 Å². The highest BCUT2D eigenvalue weighted by atomic mass is 127. The number of nitrogens with zero attached hydrogens (tertiary/aromatic N) is 2. The fourth-order valence-corrected chi connectivity index (χ4v) is 2.91. The fraction of sp³-hybridized carbons (Fsp3) is 0.350. The Kier molecular flexibility index (Phi) is 7.23. The van der Waals surface area contributed by atoms with Crippen molar-refractivity contribution in [1.29, 1.82) is 0 Å². The molecule has 0 heterocycles. The van der Waals surface area contributed by atoms with Crippen molar-refractivity contribution < 1.29 is 9.13 Å². The Morgan fingerprint density at radius 1 is 1.16 bits per heavy atom. The van der Waals surface area contributed by atoms with Gasteiger partial charge in [0.1, 0.15) is 17.3 Å². The molecule has 0 fully saturated rings. The molecule has 0 aliphatic rings. The first-order valence-electron chi connectivity index (χ1n) is 8.47. The Morgan fingerprint density at radius 2 is 1.92 bits per heavy atom. The first kappa shape index (κ1) is 19.7. The second-order valence-electron chi connectivity index (χ2n) is 5.96. The molecular weight excluding hydrogens is 430 g/mol. The fourth-order valence-electron chi connectivity index (χ4n) is 2.42. The topological polar surface area (TPSA) is 24.8 Å². The first-order chi connectivity index (χ1) is 11.9. The molecule has 0 atom stereocenters. The van der Waals surface area contributed by atoms with Gasteiger partial charge in [-0.2, -0.15) is 0 Å². The minimum absolute atomic E-state index is 0.238. The quantitative estimate of drug-likeness (QED) is 0.282. The van der Waals surface area contributed by atoms with E-state index in [1.54, 1.807) is 12.1 Å². The zero-order valence-corrected chi connectivity index (χ0v) is 17.3. The van der Waals surface area contributed by atoms with Crippen molar-refractivity contribution in [1.82, 2.24) is 4.90 Å². The molecule has 0 bridgehead atoms. The maximum Gasteiger partial charge on any atom is 0.136 e. The summed E-state index contributed by atoms with van der Waals surface area (Å²) in [5.74, 6) is 1.16. The predicted molar refractivity (Wildman–Crippen MR) is 111 cm³/mol. The summed E-state index contributed by atoms with van der Waals surface area (Å²) < 4.78 is 19.9. The molecule has 2 aromatic carbocycles. The summed E-state index contributed by atoms with van der Waals surface area (Å²) in [6.45, 7) is 10.2. The monoisotopic (exact) mass is 454 g/mol. The molecule has 0 unspecified atom stereocenters. The first-order valence-corrected chi connectivity index (χ1v) is 9.54. The molecule has 0 amide bonds. The van der Waals surface area contributed by atoms with Gasteiger partial charge in [-0.1, -0.05) is 6.92 Å². The Balaban J connectivity index is 2.21. The van der Waals surface area contributed by atoms with E-state index < -0.39 is 0 Å². The number of halogens is 2. The molecule has 0 radical (unpaired) electrons. The molecule has 0 spiro atoms. The second kappa shape index (κ2) is 9.17. The summed E-state index contributed by atoms with van der Waals surface area (Å²) in [6.07, 6.45) is 3.01. The molecule has 0 aromatic heterocycles. The molecule has 134 valence electrons. The van der Waals surface area contributed by atoms with Crippen LogP contribution < -0.4 is 4.74 Å². The smallest absolute Gasteiger partial charge is 0.136 e. The van der Waals surface area contributed by atoms with E-state index >= 15 is 0 Å². The maximum atomic E-state index is 13.4. The average molecular weight is 454 g/mol.